The number of halogens is 1. The zero-order chi connectivity index (χ0) is 17.7. The molecule has 2 rings (SSSR count). The zero-order valence-corrected chi connectivity index (χ0v) is 18.5. The van der Waals surface area contributed by atoms with Gasteiger partial charge >= 0.3 is 0 Å². The van der Waals surface area contributed by atoms with E-state index in [1.54, 1.807) is 0 Å². The Kier molecular flexibility index (Phi) is 8.91. The van der Waals surface area contributed by atoms with E-state index in [2.05, 4.69) is 35.0 Å². The summed E-state index contributed by atoms with van der Waals surface area (Å²) >= 11 is 0. The SMILES string of the molecule is CCC(C)NC(=NCC1CCS(=O)(=O)C1)N1CCN(C)C(C#N)C1.I. The molecule has 3 atom stereocenters. The van der Waals surface area contributed by atoms with Gasteiger partial charge in [-0.05, 0) is 32.7 Å². The second kappa shape index (κ2) is 9.92. The molecule has 9 heteroatoms. The average Bonchev–Trinajstić information content (AvgIpc) is 2.90. The highest BCUT2D eigenvalue weighted by atomic mass is 127. The summed E-state index contributed by atoms with van der Waals surface area (Å²) in [6, 6.07) is 2.48. The minimum Gasteiger partial charge on any atom is -0.354 e. The Morgan fingerprint density at radius 2 is 2.16 bits per heavy atom. The van der Waals surface area contributed by atoms with Gasteiger partial charge in [-0.3, -0.25) is 9.89 Å². The Morgan fingerprint density at radius 1 is 1.44 bits per heavy atom. The molecule has 2 heterocycles. The van der Waals surface area contributed by atoms with Crippen LogP contribution in [0.1, 0.15) is 26.7 Å². The van der Waals surface area contributed by atoms with Crippen molar-refractivity contribution in [3.05, 3.63) is 0 Å². The molecule has 1 N–H and O–H groups in total. The highest BCUT2D eigenvalue weighted by Gasteiger charge is 2.29. The van der Waals surface area contributed by atoms with Gasteiger partial charge in [0.25, 0.3) is 0 Å². The summed E-state index contributed by atoms with van der Waals surface area (Å²) in [6.07, 6.45) is 1.68. The van der Waals surface area contributed by atoms with Gasteiger partial charge in [-0.25, -0.2) is 8.42 Å². The van der Waals surface area contributed by atoms with Crippen LogP contribution in [-0.4, -0.2) is 81.0 Å². The third-order valence-corrected chi connectivity index (χ3v) is 6.75. The molecule has 2 aliphatic rings. The lowest BCUT2D eigenvalue weighted by Crippen LogP contribution is -2.56. The quantitative estimate of drug-likeness (QED) is 0.364. The van der Waals surface area contributed by atoms with E-state index in [1.165, 1.54) is 0 Å². The second-order valence-corrected chi connectivity index (χ2v) is 9.19. The molecular formula is C16H30IN5O2S. The molecule has 0 radical (unpaired) electrons. The van der Waals surface area contributed by atoms with Crippen molar-refractivity contribution in [2.75, 3.05) is 44.7 Å². The van der Waals surface area contributed by atoms with Crippen molar-refractivity contribution in [2.45, 2.75) is 38.8 Å². The van der Waals surface area contributed by atoms with E-state index in [-0.39, 0.29) is 53.5 Å². The van der Waals surface area contributed by atoms with Gasteiger partial charge in [0.1, 0.15) is 6.04 Å². The van der Waals surface area contributed by atoms with Gasteiger partial charge in [0.05, 0.1) is 17.6 Å². The number of nitriles is 1. The Labute approximate surface area is 168 Å². The van der Waals surface area contributed by atoms with Gasteiger partial charge in [0.15, 0.2) is 15.8 Å². The van der Waals surface area contributed by atoms with Crippen LogP contribution in [0.25, 0.3) is 0 Å². The van der Waals surface area contributed by atoms with Crippen molar-refractivity contribution in [1.82, 2.24) is 15.1 Å². The second-order valence-electron chi connectivity index (χ2n) is 6.96. The van der Waals surface area contributed by atoms with Crippen LogP contribution in [0.3, 0.4) is 0 Å². The number of hydrogen-bond acceptors (Lipinski definition) is 5. The van der Waals surface area contributed by atoms with Gasteiger partial charge in [0, 0.05) is 32.2 Å². The minimum atomic E-state index is -2.87. The fourth-order valence-corrected chi connectivity index (χ4v) is 4.85. The molecule has 2 aliphatic heterocycles. The lowest BCUT2D eigenvalue weighted by atomic mass is 10.1. The number of nitrogens with zero attached hydrogens (tertiary/aromatic N) is 4. The molecule has 144 valence electrons. The number of sulfone groups is 1. The first-order valence-electron chi connectivity index (χ1n) is 8.70. The minimum absolute atomic E-state index is 0. The summed E-state index contributed by atoms with van der Waals surface area (Å²) in [6.45, 7) is 7.01. The molecule has 0 amide bonds. The Morgan fingerprint density at radius 3 is 2.72 bits per heavy atom. The molecule has 0 saturated carbocycles. The predicted octanol–water partition coefficient (Wildman–Crippen LogP) is 0.923. The van der Waals surface area contributed by atoms with Gasteiger partial charge in [0.2, 0.25) is 0 Å². The summed E-state index contributed by atoms with van der Waals surface area (Å²) < 4.78 is 23.2. The maximum absolute atomic E-state index is 11.6. The van der Waals surface area contributed by atoms with E-state index in [9.17, 15) is 13.7 Å². The number of guanidine groups is 1. The topological polar surface area (TPSA) is 88.8 Å². The Bertz CT molecular complexity index is 604. The molecule has 7 nitrogen and oxygen atoms in total. The third kappa shape index (κ3) is 6.57. The van der Waals surface area contributed by atoms with Crippen LogP contribution < -0.4 is 5.32 Å². The number of rotatable bonds is 4. The van der Waals surface area contributed by atoms with E-state index in [0.717, 1.165) is 25.5 Å². The zero-order valence-electron chi connectivity index (χ0n) is 15.3. The van der Waals surface area contributed by atoms with Crippen molar-refractivity contribution < 1.29 is 8.42 Å². The maximum Gasteiger partial charge on any atom is 0.194 e. The van der Waals surface area contributed by atoms with Crippen LogP contribution in [0.15, 0.2) is 4.99 Å². The lowest BCUT2D eigenvalue weighted by molar-refractivity contribution is 0.170. The molecule has 0 aromatic heterocycles. The number of nitrogens with one attached hydrogen (secondary N) is 1. The van der Waals surface area contributed by atoms with Gasteiger partial charge in [-0.15, -0.1) is 24.0 Å². The smallest absolute Gasteiger partial charge is 0.194 e. The monoisotopic (exact) mass is 483 g/mol. The molecule has 3 unspecified atom stereocenters. The summed E-state index contributed by atoms with van der Waals surface area (Å²) in [7, 11) is -0.903. The van der Waals surface area contributed by atoms with Crippen molar-refractivity contribution >= 4 is 39.8 Å². The lowest BCUT2D eigenvalue weighted by Gasteiger charge is -2.38. The first-order valence-corrected chi connectivity index (χ1v) is 10.5. The summed E-state index contributed by atoms with van der Waals surface area (Å²) in [5.41, 5.74) is 0. The standard InChI is InChI=1S/C16H29N5O2S.HI/c1-4-13(2)19-16(18-10-14-5-8-24(22,23)12-14)21-7-6-20(3)15(9-17)11-21;/h13-15H,4-8,10-12H2,1-3H3,(H,18,19);1H. The summed E-state index contributed by atoms with van der Waals surface area (Å²) in [5.74, 6) is 1.45. The highest BCUT2D eigenvalue weighted by molar-refractivity contribution is 14.0. The molecule has 2 saturated heterocycles. The molecular weight excluding hydrogens is 453 g/mol. The van der Waals surface area contributed by atoms with Crippen LogP contribution in [0.2, 0.25) is 0 Å². The van der Waals surface area contributed by atoms with Crippen LogP contribution in [-0.2, 0) is 9.84 Å². The fourth-order valence-electron chi connectivity index (χ4n) is 3.00. The molecule has 0 aromatic rings. The predicted molar refractivity (Wildman–Crippen MR) is 111 cm³/mol. The van der Waals surface area contributed by atoms with Crippen LogP contribution in [0.4, 0.5) is 0 Å². The largest absolute Gasteiger partial charge is 0.354 e. The Hall–Kier alpha value is -0.600. The van der Waals surface area contributed by atoms with E-state index in [0.29, 0.717) is 19.5 Å². The molecule has 0 bridgehead atoms. The normalized spacial score (nSPS) is 28.1. The first-order chi connectivity index (χ1) is 11.3. The van der Waals surface area contributed by atoms with E-state index in [4.69, 9.17) is 4.99 Å². The van der Waals surface area contributed by atoms with Gasteiger partial charge < -0.3 is 10.2 Å². The highest BCUT2D eigenvalue weighted by Crippen LogP contribution is 2.19. The van der Waals surface area contributed by atoms with Crippen molar-refractivity contribution in [1.29, 1.82) is 5.26 Å². The summed E-state index contributed by atoms with van der Waals surface area (Å²) in [4.78, 5) is 8.90. The molecule has 25 heavy (non-hydrogen) atoms. The Balaban J connectivity index is 0.00000312. The molecule has 2 fully saturated rings. The number of aliphatic imine (C=N–C) groups is 1. The number of hydrogen-bond donors (Lipinski definition) is 1. The van der Waals surface area contributed by atoms with Crippen LogP contribution in [0, 0.1) is 17.2 Å². The van der Waals surface area contributed by atoms with Crippen molar-refractivity contribution in [3.63, 3.8) is 0 Å². The van der Waals surface area contributed by atoms with Crippen LogP contribution in [0.5, 0.6) is 0 Å². The number of piperazine rings is 1. The molecule has 0 aliphatic carbocycles. The third-order valence-electron chi connectivity index (χ3n) is 4.91. The molecule has 0 aromatic carbocycles. The van der Waals surface area contributed by atoms with Crippen LogP contribution >= 0.6 is 24.0 Å². The van der Waals surface area contributed by atoms with Gasteiger partial charge in [-0.2, -0.15) is 5.26 Å². The van der Waals surface area contributed by atoms with Crippen molar-refractivity contribution in [3.8, 4) is 6.07 Å². The van der Waals surface area contributed by atoms with E-state index >= 15 is 0 Å². The summed E-state index contributed by atoms with van der Waals surface area (Å²) in [5, 5.41) is 12.7. The van der Waals surface area contributed by atoms with Crippen molar-refractivity contribution in [2.24, 2.45) is 10.9 Å². The maximum atomic E-state index is 11.6. The first kappa shape index (κ1) is 22.4. The average molecular weight is 483 g/mol. The molecule has 0 spiro atoms. The van der Waals surface area contributed by atoms with E-state index < -0.39 is 9.84 Å². The van der Waals surface area contributed by atoms with Gasteiger partial charge in [-0.1, -0.05) is 6.92 Å². The van der Waals surface area contributed by atoms with E-state index in [1.807, 2.05) is 7.05 Å². The number of likely N-dealkylation sites (N-methyl/N-ethyl adjacent to an activating group) is 1. The fraction of sp³-hybridized carbons (Fsp3) is 0.875.